The number of piperidine rings is 2. The fourth-order valence-electron chi connectivity index (χ4n) is 5.70. The summed E-state index contributed by atoms with van der Waals surface area (Å²) in [6.45, 7) is 2.36. The zero-order valence-electron chi connectivity index (χ0n) is 16.7. The summed E-state index contributed by atoms with van der Waals surface area (Å²) in [6.07, 6.45) is 6.51. The van der Waals surface area contributed by atoms with Crippen LogP contribution in [0.3, 0.4) is 0 Å². The van der Waals surface area contributed by atoms with Crippen molar-refractivity contribution in [1.29, 1.82) is 0 Å². The molecule has 0 aromatic heterocycles. The minimum Gasteiger partial charge on any atom is -0.328 e. The number of nitrogens with one attached hydrogen (secondary N) is 1. The molecule has 4 aliphatic rings. The highest BCUT2D eigenvalue weighted by Gasteiger charge is 2.48. The van der Waals surface area contributed by atoms with E-state index < -0.39 is 6.04 Å². The molecule has 7 heteroatoms. The summed E-state index contributed by atoms with van der Waals surface area (Å²) in [4.78, 5) is 40.9. The predicted octanol–water partition coefficient (Wildman–Crippen LogP) is 1.29. The largest absolute Gasteiger partial charge is 0.328 e. The smallest absolute Gasteiger partial charge is 0.255 e. The van der Waals surface area contributed by atoms with Crippen LogP contribution in [0.1, 0.15) is 66.4 Å². The van der Waals surface area contributed by atoms with Gasteiger partial charge in [-0.25, -0.2) is 0 Å². The van der Waals surface area contributed by atoms with Gasteiger partial charge in [0.2, 0.25) is 11.8 Å². The Bertz CT molecular complexity index is 871. The van der Waals surface area contributed by atoms with Gasteiger partial charge in [-0.2, -0.15) is 0 Å². The summed E-state index contributed by atoms with van der Waals surface area (Å²) < 4.78 is 0. The van der Waals surface area contributed by atoms with Crippen LogP contribution in [0.25, 0.3) is 0 Å². The molecule has 154 valence electrons. The molecular formula is C22H28N4O3. The van der Waals surface area contributed by atoms with E-state index in [0.29, 0.717) is 24.6 Å². The topological polar surface area (TPSA) is 95.7 Å². The van der Waals surface area contributed by atoms with Crippen molar-refractivity contribution in [3.63, 3.8) is 0 Å². The van der Waals surface area contributed by atoms with Crippen LogP contribution in [-0.4, -0.2) is 51.7 Å². The number of fused-ring (bicyclic) bond motifs is 1. The predicted molar refractivity (Wildman–Crippen MR) is 107 cm³/mol. The molecular weight excluding hydrogens is 368 g/mol. The Morgan fingerprint density at radius 3 is 2.76 bits per heavy atom. The van der Waals surface area contributed by atoms with E-state index in [0.717, 1.165) is 37.1 Å². The van der Waals surface area contributed by atoms with E-state index in [-0.39, 0.29) is 29.7 Å². The molecule has 1 spiro atoms. The minimum absolute atomic E-state index is 0.102. The first-order valence-corrected chi connectivity index (χ1v) is 10.7. The first-order valence-electron chi connectivity index (χ1n) is 10.7. The van der Waals surface area contributed by atoms with Crippen LogP contribution in [0.4, 0.5) is 0 Å². The molecule has 3 N–H and O–H groups in total. The Morgan fingerprint density at radius 1 is 1.17 bits per heavy atom. The number of hydrogen-bond donors (Lipinski definition) is 2. The van der Waals surface area contributed by atoms with Crippen molar-refractivity contribution < 1.29 is 14.4 Å². The number of rotatable bonds is 3. The average Bonchev–Trinajstić information content (AvgIpc) is 2.99. The van der Waals surface area contributed by atoms with Gasteiger partial charge in [-0.3, -0.25) is 24.6 Å². The van der Waals surface area contributed by atoms with Gasteiger partial charge in [-0.05, 0) is 55.8 Å². The molecule has 5 rings (SSSR count). The second kappa shape index (κ2) is 6.92. The Kier molecular flexibility index (Phi) is 4.47. The summed E-state index contributed by atoms with van der Waals surface area (Å²) in [6, 6.07) is 5.90. The number of likely N-dealkylation sites (tertiary alicyclic amines) is 1. The van der Waals surface area contributed by atoms with Crippen molar-refractivity contribution in [2.75, 3.05) is 6.54 Å². The maximum atomic E-state index is 13.0. The normalized spacial score (nSPS) is 32.3. The van der Waals surface area contributed by atoms with Crippen molar-refractivity contribution in [1.82, 2.24) is 15.1 Å². The van der Waals surface area contributed by atoms with Gasteiger partial charge in [-0.15, -0.1) is 0 Å². The maximum absolute atomic E-state index is 13.0. The Labute approximate surface area is 170 Å². The minimum atomic E-state index is -0.558. The molecule has 3 fully saturated rings. The summed E-state index contributed by atoms with van der Waals surface area (Å²) in [5, 5.41) is 2.36. The number of hydrogen-bond acceptors (Lipinski definition) is 5. The highest BCUT2D eigenvalue weighted by molar-refractivity contribution is 6.05. The average molecular weight is 396 g/mol. The lowest BCUT2D eigenvalue weighted by Crippen LogP contribution is -2.63. The monoisotopic (exact) mass is 396 g/mol. The van der Waals surface area contributed by atoms with Gasteiger partial charge in [0.1, 0.15) is 6.04 Å². The standard InChI is InChI=1S/C22H28N4O3/c23-16-10-22(11-16)7-1-2-8-25(22)12-14-3-4-15-13-26(21(29)17(15)9-14)18-5-6-19(27)24-20(18)28/h3-4,9,16,18H,1-2,5-8,10-13,23H2,(H,24,27,28). The molecule has 29 heavy (non-hydrogen) atoms. The maximum Gasteiger partial charge on any atom is 0.255 e. The summed E-state index contributed by atoms with van der Waals surface area (Å²) in [5.74, 6) is -0.724. The fraction of sp³-hybridized carbons (Fsp3) is 0.591. The molecule has 3 amide bonds. The van der Waals surface area contributed by atoms with Crippen LogP contribution < -0.4 is 11.1 Å². The van der Waals surface area contributed by atoms with Gasteiger partial charge in [0.25, 0.3) is 5.91 Å². The van der Waals surface area contributed by atoms with Gasteiger partial charge in [0.05, 0.1) is 0 Å². The third-order valence-electron chi connectivity index (χ3n) is 7.24. The first kappa shape index (κ1) is 18.8. The molecule has 0 radical (unpaired) electrons. The lowest BCUT2D eigenvalue weighted by atomic mass is 9.67. The van der Waals surface area contributed by atoms with Crippen LogP contribution in [0, 0.1) is 0 Å². The van der Waals surface area contributed by atoms with Gasteiger partial charge in [-0.1, -0.05) is 18.6 Å². The molecule has 3 heterocycles. The Morgan fingerprint density at radius 2 is 2.00 bits per heavy atom. The molecule has 1 aromatic carbocycles. The SMILES string of the molecule is NC1CC2(CCCCN2Cc2ccc3c(c2)C(=O)N(C2CCC(=O)NC2=O)C3)C1. The molecule has 3 aliphatic heterocycles. The van der Waals surface area contributed by atoms with Crippen LogP contribution in [0.5, 0.6) is 0 Å². The molecule has 1 unspecified atom stereocenters. The number of benzene rings is 1. The Hall–Kier alpha value is -2.25. The van der Waals surface area contributed by atoms with Crippen LogP contribution in [0.15, 0.2) is 18.2 Å². The van der Waals surface area contributed by atoms with Crippen molar-refractivity contribution in [3.8, 4) is 0 Å². The number of nitrogens with zero attached hydrogens (tertiary/aromatic N) is 2. The number of amides is 3. The first-order chi connectivity index (χ1) is 13.9. The van der Waals surface area contributed by atoms with Crippen LogP contribution >= 0.6 is 0 Å². The van der Waals surface area contributed by atoms with E-state index in [1.54, 1.807) is 4.90 Å². The molecule has 1 atom stereocenters. The van der Waals surface area contributed by atoms with Gasteiger partial charge < -0.3 is 10.6 Å². The third-order valence-corrected chi connectivity index (χ3v) is 7.24. The third kappa shape index (κ3) is 3.16. The lowest BCUT2D eigenvalue weighted by Gasteiger charge is -2.56. The second-order valence-corrected chi connectivity index (χ2v) is 9.16. The van der Waals surface area contributed by atoms with Gasteiger partial charge in [0, 0.05) is 36.7 Å². The van der Waals surface area contributed by atoms with E-state index in [9.17, 15) is 14.4 Å². The summed E-state index contributed by atoms with van der Waals surface area (Å²) >= 11 is 0. The lowest BCUT2D eigenvalue weighted by molar-refractivity contribution is -0.136. The highest BCUT2D eigenvalue weighted by Crippen LogP contribution is 2.44. The molecule has 1 saturated carbocycles. The van der Waals surface area contributed by atoms with E-state index >= 15 is 0 Å². The van der Waals surface area contributed by atoms with E-state index in [4.69, 9.17) is 5.73 Å². The van der Waals surface area contributed by atoms with Crippen molar-refractivity contribution in [3.05, 3.63) is 34.9 Å². The number of carbonyl (C=O) groups is 3. The quantitative estimate of drug-likeness (QED) is 0.751. The Balaban J connectivity index is 1.33. The summed E-state index contributed by atoms with van der Waals surface area (Å²) in [7, 11) is 0. The molecule has 0 bridgehead atoms. The fourth-order valence-corrected chi connectivity index (χ4v) is 5.70. The van der Waals surface area contributed by atoms with E-state index in [1.165, 1.54) is 19.3 Å². The second-order valence-electron chi connectivity index (χ2n) is 9.16. The molecule has 1 aromatic rings. The van der Waals surface area contributed by atoms with Crippen molar-refractivity contribution in [2.45, 2.75) is 75.7 Å². The molecule has 1 aliphatic carbocycles. The zero-order chi connectivity index (χ0) is 20.2. The number of imide groups is 1. The van der Waals surface area contributed by atoms with Crippen molar-refractivity contribution >= 4 is 17.7 Å². The van der Waals surface area contributed by atoms with Gasteiger partial charge >= 0.3 is 0 Å². The van der Waals surface area contributed by atoms with E-state index in [2.05, 4.69) is 16.3 Å². The molecule has 7 nitrogen and oxygen atoms in total. The van der Waals surface area contributed by atoms with Crippen molar-refractivity contribution in [2.24, 2.45) is 5.73 Å². The zero-order valence-corrected chi connectivity index (χ0v) is 16.7. The van der Waals surface area contributed by atoms with Gasteiger partial charge in [0.15, 0.2) is 0 Å². The van der Waals surface area contributed by atoms with Crippen LogP contribution in [-0.2, 0) is 22.7 Å². The van der Waals surface area contributed by atoms with Crippen LogP contribution in [0.2, 0.25) is 0 Å². The summed E-state index contributed by atoms with van der Waals surface area (Å²) in [5.41, 5.74) is 9.16. The number of carbonyl (C=O) groups excluding carboxylic acids is 3. The number of nitrogens with two attached hydrogens (primary N) is 1. The highest BCUT2D eigenvalue weighted by atomic mass is 16.2. The molecule has 2 saturated heterocycles. The van der Waals surface area contributed by atoms with E-state index in [1.807, 2.05) is 12.1 Å².